The second-order valence-corrected chi connectivity index (χ2v) is 8.45. The number of hydrogen-bond donors (Lipinski definition) is 1. The number of halogens is 1. The number of nitrogens with one attached hydrogen (secondary N) is 1. The van der Waals surface area contributed by atoms with Crippen molar-refractivity contribution in [2.75, 3.05) is 38.0 Å². The second kappa shape index (κ2) is 8.78. The largest absolute Gasteiger partial charge is 0.360 e. The van der Waals surface area contributed by atoms with Gasteiger partial charge in [-0.1, -0.05) is 5.16 Å². The van der Waals surface area contributed by atoms with Gasteiger partial charge in [-0.2, -0.15) is 5.10 Å². The monoisotopic (exact) mass is 452 g/mol. The lowest BCUT2D eigenvalue weighted by Gasteiger charge is -2.34. The van der Waals surface area contributed by atoms with Gasteiger partial charge in [-0.25, -0.2) is 9.07 Å². The van der Waals surface area contributed by atoms with Gasteiger partial charge in [-0.15, -0.1) is 0 Å². The molecule has 0 atom stereocenters. The highest BCUT2D eigenvalue weighted by molar-refractivity contribution is 5.94. The van der Waals surface area contributed by atoms with E-state index in [1.807, 2.05) is 4.90 Å². The summed E-state index contributed by atoms with van der Waals surface area (Å²) in [5.41, 5.74) is 3.27. The summed E-state index contributed by atoms with van der Waals surface area (Å²) in [4.78, 5) is 29.4. The molecule has 0 unspecified atom stereocenters. The number of carbonyl (C=O) groups excluding carboxylic acids is 2. The Hall–Kier alpha value is -3.53. The molecule has 1 aromatic carbocycles. The Morgan fingerprint density at radius 3 is 2.58 bits per heavy atom. The van der Waals surface area contributed by atoms with Gasteiger partial charge < -0.3 is 14.7 Å². The standard InChI is InChI=1S/C23H25FN6O3/c1-15-13-20(27-33-15)25-21(31)14-28-9-11-29(12-10-28)23(32)22-18-3-2-4-19(18)30(26-22)17-7-5-16(24)6-8-17/h5-8,13H,2-4,9-12,14H2,1H3,(H,25,27,31). The van der Waals surface area contributed by atoms with Crippen LogP contribution in [0.5, 0.6) is 0 Å². The van der Waals surface area contributed by atoms with Crippen molar-refractivity contribution in [3.05, 3.63) is 58.9 Å². The van der Waals surface area contributed by atoms with Gasteiger partial charge in [0.25, 0.3) is 5.91 Å². The van der Waals surface area contributed by atoms with Crippen molar-refractivity contribution in [3.8, 4) is 5.69 Å². The van der Waals surface area contributed by atoms with Crippen molar-refractivity contribution in [2.45, 2.75) is 26.2 Å². The van der Waals surface area contributed by atoms with Crippen LogP contribution in [0, 0.1) is 12.7 Å². The molecule has 3 aromatic rings. The molecule has 1 N–H and O–H groups in total. The molecule has 0 radical (unpaired) electrons. The predicted molar refractivity (Wildman–Crippen MR) is 118 cm³/mol. The molecule has 33 heavy (non-hydrogen) atoms. The van der Waals surface area contributed by atoms with Gasteiger partial charge in [0.05, 0.1) is 12.2 Å². The van der Waals surface area contributed by atoms with Gasteiger partial charge in [0.2, 0.25) is 5.91 Å². The average molecular weight is 452 g/mol. The number of anilines is 1. The minimum absolute atomic E-state index is 0.0869. The zero-order chi connectivity index (χ0) is 22.9. The topological polar surface area (TPSA) is 96.5 Å². The highest BCUT2D eigenvalue weighted by atomic mass is 19.1. The third kappa shape index (κ3) is 4.38. The smallest absolute Gasteiger partial charge is 0.274 e. The van der Waals surface area contributed by atoms with Crippen LogP contribution in [0.2, 0.25) is 0 Å². The van der Waals surface area contributed by atoms with Gasteiger partial charge in [0, 0.05) is 43.5 Å². The number of carbonyl (C=O) groups is 2. The fraction of sp³-hybridized carbons (Fsp3) is 0.391. The number of aryl methyl sites for hydroxylation is 1. The number of rotatable bonds is 5. The molecule has 2 amide bonds. The summed E-state index contributed by atoms with van der Waals surface area (Å²) in [7, 11) is 0. The summed E-state index contributed by atoms with van der Waals surface area (Å²) in [6.45, 7) is 4.22. The molecular weight excluding hydrogens is 427 g/mol. The number of piperazine rings is 1. The minimum atomic E-state index is -0.304. The average Bonchev–Trinajstić information content (AvgIpc) is 3.51. The maximum absolute atomic E-state index is 13.3. The number of nitrogens with zero attached hydrogens (tertiary/aromatic N) is 5. The van der Waals surface area contributed by atoms with E-state index in [1.165, 1.54) is 12.1 Å². The third-order valence-corrected chi connectivity index (χ3v) is 6.13. The van der Waals surface area contributed by atoms with E-state index >= 15 is 0 Å². The molecule has 0 spiro atoms. The minimum Gasteiger partial charge on any atom is -0.360 e. The van der Waals surface area contributed by atoms with Gasteiger partial charge in [-0.05, 0) is 50.5 Å². The Morgan fingerprint density at radius 1 is 1.12 bits per heavy atom. The van der Waals surface area contributed by atoms with Crippen LogP contribution < -0.4 is 5.32 Å². The van der Waals surface area contributed by atoms with E-state index in [1.54, 1.807) is 34.7 Å². The van der Waals surface area contributed by atoms with E-state index in [0.717, 1.165) is 36.2 Å². The second-order valence-electron chi connectivity index (χ2n) is 8.45. The first-order valence-corrected chi connectivity index (χ1v) is 11.1. The molecule has 2 aliphatic rings. The zero-order valence-electron chi connectivity index (χ0n) is 18.4. The summed E-state index contributed by atoms with van der Waals surface area (Å²) in [6.07, 6.45) is 2.64. The highest BCUT2D eigenvalue weighted by Gasteiger charge is 2.31. The summed E-state index contributed by atoms with van der Waals surface area (Å²) in [5.74, 6) is 0.472. The molecule has 1 aliphatic carbocycles. The van der Waals surface area contributed by atoms with E-state index < -0.39 is 0 Å². The maximum atomic E-state index is 13.3. The van der Waals surface area contributed by atoms with Crippen LogP contribution in [0.25, 0.3) is 5.69 Å². The number of amides is 2. The third-order valence-electron chi connectivity index (χ3n) is 6.13. The predicted octanol–water partition coefficient (Wildman–Crippen LogP) is 2.19. The zero-order valence-corrected chi connectivity index (χ0v) is 18.4. The van der Waals surface area contributed by atoms with Gasteiger partial charge in [0.1, 0.15) is 11.6 Å². The highest BCUT2D eigenvalue weighted by Crippen LogP contribution is 2.29. The summed E-state index contributed by atoms with van der Waals surface area (Å²) < 4.78 is 20.1. The quantitative estimate of drug-likeness (QED) is 0.638. The fourth-order valence-electron chi connectivity index (χ4n) is 4.47. The molecule has 10 heteroatoms. The van der Waals surface area contributed by atoms with Crippen LogP contribution in [0.3, 0.4) is 0 Å². The Balaban J connectivity index is 1.23. The van der Waals surface area contributed by atoms with Crippen molar-refractivity contribution < 1.29 is 18.5 Å². The van der Waals surface area contributed by atoms with E-state index in [9.17, 15) is 14.0 Å². The molecule has 1 fully saturated rings. The number of fused-ring (bicyclic) bond motifs is 1. The van der Waals surface area contributed by atoms with Crippen molar-refractivity contribution in [3.63, 3.8) is 0 Å². The van der Waals surface area contributed by atoms with Crippen LogP contribution in [-0.4, -0.2) is 69.3 Å². The molecule has 5 rings (SSSR count). The van der Waals surface area contributed by atoms with E-state index in [-0.39, 0.29) is 24.2 Å². The molecular formula is C23H25FN6O3. The van der Waals surface area contributed by atoms with E-state index in [4.69, 9.17) is 4.52 Å². The summed E-state index contributed by atoms with van der Waals surface area (Å²) >= 11 is 0. The first-order chi connectivity index (χ1) is 16.0. The molecule has 9 nitrogen and oxygen atoms in total. The van der Waals surface area contributed by atoms with Crippen LogP contribution >= 0.6 is 0 Å². The first kappa shape index (κ1) is 21.3. The van der Waals surface area contributed by atoms with Crippen molar-refractivity contribution in [1.29, 1.82) is 0 Å². The van der Waals surface area contributed by atoms with Crippen molar-refractivity contribution in [1.82, 2.24) is 24.7 Å². The van der Waals surface area contributed by atoms with Crippen molar-refractivity contribution in [2.24, 2.45) is 0 Å². The number of hydrogen-bond acceptors (Lipinski definition) is 6. The molecule has 3 heterocycles. The normalized spacial score (nSPS) is 16.1. The van der Waals surface area contributed by atoms with Gasteiger partial charge in [-0.3, -0.25) is 14.5 Å². The Kier molecular flexibility index (Phi) is 5.67. The van der Waals surface area contributed by atoms with Crippen LogP contribution in [0.1, 0.15) is 33.9 Å². The lowest BCUT2D eigenvalue weighted by Crippen LogP contribution is -2.50. The molecule has 1 saturated heterocycles. The molecule has 172 valence electrons. The van der Waals surface area contributed by atoms with Crippen LogP contribution in [-0.2, 0) is 17.6 Å². The van der Waals surface area contributed by atoms with Crippen LogP contribution in [0.4, 0.5) is 10.2 Å². The SMILES string of the molecule is Cc1cc(NC(=O)CN2CCN(C(=O)c3nn(-c4ccc(F)cc4)c4c3CCC4)CC2)no1. The lowest BCUT2D eigenvalue weighted by atomic mass is 10.1. The van der Waals surface area contributed by atoms with Gasteiger partial charge in [0.15, 0.2) is 11.5 Å². The molecule has 2 aromatic heterocycles. The van der Waals surface area contributed by atoms with Gasteiger partial charge >= 0.3 is 0 Å². The first-order valence-electron chi connectivity index (χ1n) is 11.1. The van der Waals surface area contributed by atoms with Crippen molar-refractivity contribution >= 4 is 17.6 Å². The maximum Gasteiger partial charge on any atom is 0.274 e. The molecule has 0 bridgehead atoms. The lowest BCUT2D eigenvalue weighted by molar-refractivity contribution is -0.117. The van der Waals surface area contributed by atoms with E-state index in [0.29, 0.717) is 43.5 Å². The molecule has 1 aliphatic heterocycles. The van der Waals surface area contributed by atoms with Crippen LogP contribution in [0.15, 0.2) is 34.9 Å². The molecule has 0 saturated carbocycles. The Bertz CT molecular complexity index is 1180. The van der Waals surface area contributed by atoms with E-state index in [2.05, 4.69) is 15.6 Å². The Labute approximate surface area is 190 Å². The number of benzene rings is 1. The summed E-state index contributed by atoms with van der Waals surface area (Å²) in [6, 6.07) is 7.83. The Morgan fingerprint density at radius 2 is 1.88 bits per heavy atom. The summed E-state index contributed by atoms with van der Waals surface area (Å²) in [5, 5.41) is 11.1. The number of aromatic nitrogens is 3. The fourth-order valence-corrected chi connectivity index (χ4v) is 4.47.